The third kappa shape index (κ3) is 2.49. The van der Waals surface area contributed by atoms with E-state index in [0.29, 0.717) is 6.54 Å². The van der Waals surface area contributed by atoms with Gasteiger partial charge >= 0.3 is 0 Å². The van der Waals surface area contributed by atoms with Gasteiger partial charge in [0.15, 0.2) is 0 Å². The number of fused-ring (bicyclic) bond motifs is 5. The van der Waals surface area contributed by atoms with Crippen LogP contribution in [-0.2, 0) is 20.9 Å². The summed E-state index contributed by atoms with van der Waals surface area (Å²) in [6, 6.07) is 7.62. The van der Waals surface area contributed by atoms with Gasteiger partial charge in [-0.2, -0.15) is 0 Å². The summed E-state index contributed by atoms with van der Waals surface area (Å²) in [5.41, 5.74) is 0.963. The number of nitrogens with one attached hydrogen (secondary N) is 1. The van der Waals surface area contributed by atoms with Crippen molar-refractivity contribution >= 4 is 33.7 Å². The Morgan fingerprint density at radius 3 is 2.25 bits per heavy atom. The zero-order valence-corrected chi connectivity index (χ0v) is 14.5. The van der Waals surface area contributed by atoms with Gasteiger partial charge in [-0.25, -0.2) is 0 Å². The predicted molar refractivity (Wildman–Crippen MR) is 90.4 cm³/mol. The molecule has 4 rings (SSSR count). The maximum atomic E-state index is 12.5. The molecule has 0 radical (unpaired) electrons. The van der Waals surface area contributed by atoms with Crippen molar-refractivity contribution < 1.29 is 14.4 Å². The molecule has 1 aromatic rings. The predicted octanol–water partition coefficient (Wildman–Crippen LogP) is 1.87. The summed E-state index contributed by atoms with van der Waals surface area (Å²) in [6.45, 7) is 0.197. The van der Waals surface area contributed by atoms with Crippen LogP contribution in [0.15, 0.2) is 40.9 Å². The topological polar surface area (TPSA) is 66.5 Å². The molecule has 1 heterocycles. The number of imide groups is 1. The SMILES string of the molecule is O=C(CN1C(=O)[C@@H]2[C@@H](C1=O)[C@H]1C=C[C@H]2C1)NCc1ccc(Br)cc1. The Bertz CT molecular complexity index is 713. The zero-order valence-electron chi connectivity index (χ0n) is 12.9. The molecule has 2 bridgehead atoms. The molecule has 0 unspecified atom stereocenters. The van der Waals surface area contributed by atoms with Gasteiger partial charge in [-0.1, -0.05) is 40.2 Å². The number of amides is 3. The highest BCUT2D eigenvalue weighted by atomic mass is 79.9. The fourth-order valence-corrected chi connectivity index (χ4v) is 4.39. The van der Waals surface area contributed by atoms with Crippen LogP contribution in [0.25, 0.3) is 0 Å². The summed E-state index contributed by atoms with van der Waals surface area (Å²) >= 11 is 3.36. The highest BCUT2D eigenvalue weighted by Crippen LogP contribution is 2.52. The molecule has 1 saturated heterocycles. The van der Waals surface area contributed by atoms with E-state index in [1.807, 2.05) is 36.4 Å². The van der Waals surface area contributed by atoms with Crippen molar-refractivity contribution in [1.82, 2.24) is 10.2 Å². The summed E-state index contributed by atoms with van der Waals surface area (Å²) in [5, 5.41) is 2.77. The van der Waals surface area contributed by atoms with Gasteiger partial charge in [0.1, 0.15) is 6.54 Å². The molecule has 4 atom stereocenters. The normalized spacial score (nSPS) is 30.1. The fraction of sp³-hybridized carbons (Fsp3) is 0.389. The molecule has 124 valence electrons. The lowest BCUT2D eigenvalue weighted by Crippen LogP contribution is -2.41. The van der Waals surface area contributed by atoms with E-state index < -0.39 is 0 Å². The first kappa shape index (κ1) is 15.6. The average molecular weight is 389 g/mol. The van der Waals surface area contributed by atoms with Crippen molar-refractivity contribution in [1.29, 1.82) is 0 Å². The second kappa shape index (κ2) is 5.84. The number of halogens is 1. The second-order valence-corrected chi connectivity index (χ2v) is 7.58. The average Bonchev–Trinajstić information content (AvgIpc) is 3.24. The molecule has 1 N–H and O–H groups in total. The van der Waals surface area contributed by atoms with Crippen molar-refractivity contribution in [2.75, 3.05) is 6.54 Å². The van der Waals surface area contributed by atoms with E-state index in [1.54, 1.807) is 0 Å². The van der Waals surface area contributed by atoms with Gasteiger partial charge in [0.05, 0.1) is 11.8 Å². The van der Waals surface area contributed by atoms with Crippen LogP contribution in [0.1, 0.15) is 12.0 Å². The lowest BCUT2D eigenvalue weighted by atomic mass is 9.85. The van der Waals surface area contributed by atoms with Crippen LogP contribution in [0, 0.1) is 23.7 Å². The summed E-state index contributed by atoms with van der Waals surface area (Å²) in [4.78, 5) is 38.3. The van der Waals surface area contributed by atoms with Crippen LogP contribution < -0.4 is 5.32 Å². The van der Waals surface area contributed by atoms with Crippen LogP contribution in [0.4, 0.5) is 0 Å². The monoisotopic (exact) mass is 388 g/mol. The Kier molecular flexibility index (Phi) is 3.79. The van der Waals surface area contributed by atoms with Gasteiger partial charge in [0, 0.05) is 11.0 Å². The van der Waals surface area contributed by atoms with Gasteiger partial charge in [-0.3, -0.25) is 19.3 Å². The Morgan fingerprint density at radius 1 is 1.08 bits per heavy atom. The highest BCUT2D eigenvalue weighted by molar-refractivity contribution is 9.10. The number of hydrogen-bond acceptors (Lipinski definition) is 3. The highest BCUT2D eigenvalue weighted by Gasteiger charge is 2.59. The van der Waals surface area contributed by atoms with Gasteiger partial charge in [0.2, 0.25) is 17.7 Å². The first-order valence-corrected chi connectivity index (χ1v) is 8.88. The minimum absolute atomic E-state index is 0.173. The lowest BCUT2D eigenvalue weighted by Gasteiger charge is -2.16. The summed E-state index contributed by atoms with van der Waals surface area (Å²) in [5.74, 6) is -0.806. The van der Waals surface area contributed by atoms with Crippen LogP contribution in [0.2, 0.25) is 0 Å². The zero-order chi connectivity index (χ0) is 16.8. The Hall–Kier alpha value is -1.95. The molecule has 0 aromatic heterocycles. The van der Waals surface area contributed by atoms with Crippen molar-refractivity contribution in [3.05, 3.63) is 46.5 Å². The maximum absolute atomic E-state index is 12.5. The number of rotatable bonds is 4. The number of likely N-dealkylation sites (tertiary alicyclic amines) is 1. The summed E-state index contributed by atoms with van der Waals surface area (Å²) < 4.78 is 0.973. The van der Waals surface area contributed by atoms with Crippen LogP contribution in [0.3, 0.4) is 0 Å². The molecule has 1 saturated carbocycles. The number of allylic oxidation sites excluding steroid dienone is 2. The molecule has 6 heteroatoms. The van der Waals surface area contributed by atoms with E-state index in [9.17, 15) is 14.4 Å². The van der Waals surface area contributed by atoms with Gasteiger partial charge in [-0.05, 0) is 36.0 Å². The lowest BCUT2D eigenvalue weighted by molar-refractivity contribution is -0.144. The minimum atomic E-state index is -0.306. The van der Waals surface area contributed by atoms with Gasteiger partial charge < -0.3 is 5.32 Å². The van der Waals surface area contributed by atoms with E-state index in [2.05, 4.69) is 21.2 Å². The fourth-order valence-electron chi connectivity index (χ4n) is 4.12. The molecule has 3 amide bonds. The summed E-state index contributed by atoms with van der Waals surface area (Å²) in [6.07, 6.45) is 5.00. The van der Waals surface area contributed by atoms with Crippen LogP contribution in [0.5, 0.6) is 0 Å². The van der Waals surface area contributed by atoms with E-state index in [0.717, 1.165) is 21.4 Å². The molecule has 1 aliphatic heterocycles. The maximum Gasteiger partial charge on any atom is 0.240 e. The summed E-state index contributed by atoms with van der Waals surface area (Å²) in [7, 11) is 0. The molecule has 3 aliphatic rings. The van der Waals surface area contributed by atoms with Crippen molar-refractivity contribution in [2.45, 2.75) is 13.0 Å². The third-order valence-electron chi connectivity index (χ3n) is 5.27. The Labute approximate surface area is 148 Å². The van der Waals surface area contributed by atoms with E-state index in [4.69, 9.17) is 0 Å². The largest absolute Gasteiger partial charge is 0.350 e. The number of benzene rings is 1. The second-order valence-electron chi connectivity index (χ2n) is 6.67. The standard InChI is InChI=1S/C18H17BrN2O3/c19-13-5-1-10(2-6-13)8-20-14(22)9-21-17(23)15-11-3-4-12(7-11)16(15)18(21)24/h1-6,11-12,15-16H,7-9H2,(H,20,22)/t11-,12-,15-,16-/m0/s1. The van der Waals surface area contributed by atoms with E-state index in [1.165, 1.54) is 0 Å². The van der Waals surface area contributed by atoms with Crippen LogP contribution in [-0.4, -0.2) is 29.2 Å². The van der Waals surface area contributed by atoms with Crippen molar-refractivity contribution in [3.63, 3.8) is 0 Å². The number of carbonyl (C=O) groups is 3. The smallest absolute Gasteiger partial charge is 0.240 e. The molecule has 24 heavy (non-hydrogen) atoms. The van der Waals surface area contributed by atoms with Crippen LogP contribution >= 0.6 is 15.9 Å². The first-order valence-electron chi connectivity index (χ1n) is 8.09. The minimum Gasteiger partial charge on any atom is -0.350 e. The molecule has 2 aliphatic carbocycles. The Morgan fingerprint density at radius 2 is 1.67 bits per heavy atom. The number of carbonyl (C=O) groups excluding carboxylic acids is 3. The molecule has 1 aromatic carbocycles. The molecular weight excluding hydrogens is 372 g/mol. The third-order valence-corrected chi connectivity index (χ3v) is 5.79. The molecular formula is C18H17BrN2O3. The van der Waals surface area contributed by atoms with Crippen molar-refractivity contribution in [3.8, 4) is 0 Å². The molecule has 5 nitrogen and oxygen atoms in total. The Balaban J connectivity index is 1.37. The van der Waals surface area contributed by atoms with Gasteiger partial charge in [0.25, 0.3) is 0 Å². The first-order chi connectivity index (χ1) is 11.5. The van der Waals surface area contributed by atoms with E-state index in [-0.39, 0.29) is 47.9 Å². The van der Waals surface area contributed by atoms with E-state index >= 15 is 0 Å². The molecule has 0 spiro atoms. The van der Waals surface area contributed by atoms with Crippen molar-refractivity contribution in [2.24, 2.45) is 23.7 Å². The number of nitrogens with zero attached hydrogens (tertiary/aromatic N) is 1. The quantitative estimate of drug-likeness (QED) is 0.632. The van der Waals surface area contributed by atoms with Gasteiger partial charge in [-0.15, -0.1) is 0 Å². The number of hydrogen-bond donors (Lipinski definition) is 1. The molecule has 2 fully saturated rings.